The first-order chi connectivity index (χ1) is 21.8. The van der Waals surface area contributed by atoms with Crippen molar-refractivity contribution in [1.82, 2.24) is 31.0 Å². The van der Waals surface area contributed by atoms with Crippen LogP contribution >= 0.6 is 34.8 Å². The second kappa shape index (κ2) is 15.8. The van der Waals surface area contributed by atoms with Crippen LogP contribution in [0.25, 0.3) is 17.0 Å². The van der Waals surface area contributed by atoms with E-state index in [1.54, 1.807) is 58.0 Å². The van der Waals surface area contributed by atoms with E-state index in [0.29, 0.717) is 36.1 Å². The van der Waals surface area contributed by atoms with Gasteiger partial charge >= 0.3 is 5.97 Å². The number of hydrazine groups is 1. The molecule has 1 saturated heterocycles. The Bertz CT molecular complexity index is 1570. The summed E-state index contributed by atoms with van der Waals surface area (Å²) in [5.41, 5.74) is 2.90. The molecule has 2 aromatic rings. The van der Waals surface area contributed by atoms with Crippen LogP contribution in [-0.4, -0.2) is 73.7 Å². The van der Waals surface area contributed by atoms with Crippen molar-refractivity contribution in [2.75, 3.05) is 13.2 Å². The number of carbonyl (C=O) groups excluding carboxylic acids is 4. The number of rotatable bonds is 11. The van der Waals surface area contributed by atoms with Gasteiger partial charge in [0.25, 0.3) is 11.5 Å². The van der Waals surface area contributed by atoms with E-state index >= 15 is 0 Å². The lowest BCUT2D eigenvalue weighted by atomic mass is 9.89. The highest BCUT2D eigenvalue weighted by atomic mass is 35.6. The first-order valence-corrected chi connectivity index (χ1v) is 16.6. The Morgan fingerprint density at radius 2 is 1.79 bits per heavy atom. The Morgan fingerprint density at radius 1 is 1.11 bits per heavy atom. The summed E-state index contributed by atoms with van der Waals surface area (Å²) in [6.07, 6.45) is 4.41. The molecule has 1 fully saturated rings. The number of fused-ring (bicyclic) bond motifs is 1. The van der Waals surface area contributed by atoms with Crippen LogP contribution in [0.4, 0.5) is 0 Å². The van der Waals surface area contributed by atoms with Gasteiger partial charge in [-0.25, -0.2) is 10.4 Å². The van der Waals surface area contributed by atoms with Gasteiger partial charge < -0.3 is 20.4 Å². The van der Waals surface area contributed by atoms with Crippen molar-refractivity contribution < 1.29 is 23.9 Å². The number of H-pyrrole nitrogens is 1. The van der Waals surface area contributed by atoms with Crippen LogP contribution in [0.2, 0.25) is 0 Å². The predicted molar refractivity (Wildman–Crippen MR) is 183 cm³/mol. The van der Waals surface area contributed by atoms with E-state index in [4.69, 9.17) is 39.5 Å². The van der Waals surface area contributed by atoms with Gasteiger partial charge in [0.05, 0.1) is 16.3 Å². The summed E-state index contributed by atoms with van der Waals surface area (Å²) in [5.74, 6) is -1.73. The number of carbonyl (C=O) groups is 4. The highest BCUT2D eigenvalue weighted by Crippen LogP contribution is 2.26. The lowest BCUT2D eigenvalue weighted by molar-refractivity contribution is -0.152. The van der Waals surface area contributed by atoms with E-state index in [-0.39, 0.29) is 17.4 Å². The standard InChI is InChI=1S/C32H43Cl3N6O6/c1-17(2)24(27(43)36-19(5)28(44)41-14-8-9-22(40-41)29(45)47-16-32(33,34)35)38-30(46)31(6,7)13-12-20-10-11-21-23(15-20)37-25(18(3)4)39-26(21)42/h10-13,15,17-19,22,24,40H,8-9,14,16H2,1-7H3,(H,36,43)(H,38,46)(H,37,39,42)/b13-12+/t19-,22-,24-/m0/s1. The minimum Gasteiger partial charge on any atom is -0.460 e. The molecular formula is C32H43Cl3N6O6. The summed E-state index contributed by atoms with van der Waals surface area (Å²) in [4.78, 5) is 72.1. The van der Waals surface area contributed by atoms with Gasteiger partial charge in [-0.2, -0.15) is 0 Å². The molecule has 12 nitrogen and oxygen atoms in total. The van der Waals surface area contributed by atoms with Crippen molar-refractivity contribution in [3.05, 3.63) is 46.0 Å². The number of alkyl halides is 3. The lowest BCUT2D eigenvalue weighted by Gasteiger charge is -2.35. The second-order valence-corrected chi connectivity index (χ2v) is 15.4. The van der Waals surface area contributed by atoms with Crippen molar-refractivity contribution in [3.8, 4) is 0 Å². The summed E-state index contributed by atoms with van der Waals surface area (Å²) in [6, 6.07) is 2.52. The van der Waals surface area contributed by atoms with Crippen molar-refractivity contribution in [2.45, 2.75) is 89.1 Å². The fourth-order valence-electron chi connectivity index (χ4n) is 4.76. The third kappa shape index (κ3) is 10.7. The van der Waals surface area contributed by atoms with Crippen LogP contribution in [0.15, 0.2) is 29.1 Å². The summed E-state index contributed by atoms with van der Waals surface area (Å²) < 4.78 is 3.27. The third-order valence-corrected chi connectivity index (χ3v) is 7.98. The molecule has 1 aliphatic rings. The van der Waals surface area contributed by atoms with Crippen molar-refractivity contribution in [3.63, 3.8) is 0 Å². The molecule has 0 bridgehead atoms. The lowest BCUT2D eigenvalue weighted by Crippen LogP contribution is -2.61. The fourth-order valence-corrected chi connectivity index (χ4v) is 4.93. The number of aromatic amines is 1. The van der Waals surface area contributed by atoms with Crippen LogP contribution in [0.5, 0.6) is 0 Å². The van der Waals surface area contributed by atoms with Gasteiger partial charge in [0.15, 0.2) is 0 Å². The Balaban J connectivity index is 1.64. The van der Waals surface area contributed by atoms with Crippen LogP contribution < -0.4 is 21.6 Å². The third-order valence-electron chi connectivity index (χ3n) is 7.65. The Kier molecular flexibility index (Phi) is 12.9. The zero-order valence-electron chi connectivity index (χ0n) is 27.6. The smallest absolute Gasteiger partial charge is 0.325 e. The number of aromatic nitrogens is 2. The van der Waals surface area contributed by atoms with Gasteiger partial charge in [-0.3, -0.25) is 29.0 Å². The predicted octanol–water partition coefficient (Wildman–Crippen LogP) is 4.14. The number of halogens is 3. The molecule has 0 aliphatic carbocycles. The molecule has 1 aromatic carbocycles. The normalized spacial score (nSPS) is 17.2. The van der Waals surface area contributed by atoms with Crippen molar-refractivity contribution >= 4 is 75.5 Å². The molecule has 3 rings (SSSR count). The number of benzene rings is 1. The molecule has 1 aliphatic heterocycles. The minimum absolute atomic E-state index is 0.0483. The molecule has 2 heterocycles. The average molecular weight is 714 g/mol. The van der Waals surface area contributed by atoms with Gasteiger partial charge in [0, 0.05) is 12.5 Å². The van der Waals surface area contributed by atoms with Crippen molar-refractivity contribution in [1.29, 1.82) is 0 Å². The van der Waals surface area contributed by atoms with Crippen LogP contribution in [0.1, 0.15) is 78.6 Å². The number of nitrogens with one attached hydrogen (secondary N) is 4. The number of nitrogens with zero attached hydrogens (tertiary/aromatic N) is 2. The van der Waals surface area contributed by atoms with E-state index in [9.17, 15) is 24.0 Å². The van der Waals surface area contributed by atoms with E-state index < -0.39 is 57.6 Å². The first kappa shape index (κ1) is 38.3. The molecule has 3 atom stereocenters. The average Bonchev–Trinajstić information content (AvgIpc) is 3.00. The quantitative estimate of drug-likeness (QED) is 0.200. The summed E-state index contributed by atoms with van der Waals surface area (Å²) >= 11 is 17.0. The maximum atomic E-state index is 13.4. The molecule has 1 aromatic heterocycles. The first-order valence-electron chi connectivity index (χ1n) is 15.4. The van der Waals surface area contributed by atoms with Gasteiger partial charge in [0.1, 0.15) is 30.6 Å². The fraction of sp³-hybridized carbons (Fsp3) is 0.562. The van der Waals surface area contributed by atoms with Gasteiger partial charge in [0.2, 0.25) is 15.6 Å². The Hall–Kier alpha value is -3.19. The van der Waals surface area contributed by atoms with Crippen LogP contribution in [0.3, 0.4) is 0 Å². The van der Waals surface area contributed by atoms with Crippen LogP contribution in [0, 0.1) is 11.3 Å². The summed E-state index contributed by atoms with van der Waals surface area (Å²) in [7, 11) is 0. The second-order valence-electron chi connectivity index (χ2n) is 12.9. The molecule has 15 heteroatoms. The number of hydrogen-bond donors (Lipinski definition) is 4. The van der Waals surface area contributed by atoms with Crippen LogP contribution in [-0.2, 0) is 23.9 Å². The highest BCUT2D eigenvalue weighted by molar-refractivity contribution is 6.67. The SMILES string of the molecule is CC(C)c1nc2cc(/C=C/C(C)(C)C(=O)N[C@H](C(=O)N[C@@H](C)C(=O)N3CCC[C@@H](C(=O)OCC(Cl)(Cl)Cl)N3)C(C)C)ccc2c(=O)[nH]1. The van der Waals surface area contributed by atoms with E-state index in [2.05, 4.69) is 26.0 Å². The van der Waals surface area contributed by atoms with Gasteiger partial charge in [-0.1, -0.05) is 80.7 Å². The molecule has 0 saturated carbocycles. The zero-order chi connectivity index (χ0) is 35.3. The topological polar surface area (TPSA) is 163 Å². The molecule has 3 amide bonds. The summed E-state index contributed by atoms with van der Waals surface area (Å²) in [6.45, 7) is 12.3. The highest BCUT2D eigenvalue weighted by Gasteiger charge is 2.35. The molecule has 0 spiro atoms. The Morgan fingerprint density at radius 3 is 2.40 bits per heavy atom. The maximum absolute atomic E-state index is 13.4. The maximum Gasteiger partial charge on any atom is 0.325 e. The number of ether oxygens (including phenoxy) is 1. The number of hydrogen-bond acceptors (Lipinski definition) is 8. The minimum atomic E-state index is -1.76. The molecule has 0 unspecified atom stereocenters. The molecular weight excluding hydrogens is 671 g/mol. The molecule has 47 heavy (non-hydrogen) atoms. The molecule has 0 radical (unpaired) electrons. The van der Waals surface area contributed by atoms with E-state index in [1.165, 1.54) is 11.9 Å². The van der Waals surface area contributed by atoms with E-state index in [1.807, 2.05) is 13.8 Å². The molecule has 4 N–H and O–H groups in total. The van der Waals surface area contributed by atoms with E-state index in [0.717, 1.165) is 5.56 Å². The monoisotopic (exact) mass is 712 g/mol. The number of amides is 3. The summed E-state index contributed by atoms with van der Waals surface area (Å²) in [5, 5.41) is 7.25. The van der Waals surface area contributed by atoms with Crippen molar-refractivity contribution in [2.24, 2.45) is 11.3 Å². The zero-order valence-corrected chi connectivity index (χ0v) is 29.8. The largest absolute Gasteiger partial charge is 0.460 e. The molecule has 258 valence electrons. The number of esters is 1. The van der Waals surface area contributed by atoms with Gasteiger partial charge in [-0.05, 0) is 57.2 Å². The van der Waals surface area contributed by atoms with Gasteiger partial charge in [-0.15, -0.1) is 0 Å². The Labute approximate surface area is 289 Å².